The van der Waals surface area contributed by atoms with Crippen LogP contribution in [0, 0.1) is 11.3 Å². The van der Waals surface area contributed by atoms with E-state index in [9.17, 15) is 10.1 Å². The van der Waals surface area contributed by atoms with Crippen molar-refractivity contribution in [3.8, 4) is 11.8 Å². The first-order valence-electron chi connectivity index (χ1n) is 9.59. The quantitative estimate of drug-likeness (QED) is 0.523. The first kappa shape index (κ1) is 21.8. The third kappa shape index (κ3) is 4.31. The van der Waals surface area contributed by atoms with Crippen molar-refractivity contribution >= 4 is 44.9 Å². The molecule has 0 amide bonds. The molecular weight excluding hydrogens is 503 g/mol. The Hall–Kier alpha value is -2.46. The van der Waals surface area contributed by atoms with Gasteiger partial charge in [0.05, 0.1) is 16.0 Å². The van der Waals surface area contributed by atoms with E-state index >= 15 is 0 Å². The first-order chi connectivity index (χ1) is 14.9. The molecule has 1 aliphatic heterocycles. The van der Waals surface area contributed by atoms with Crippen LogP contribution in [0.1, 0.15) is 36.3 Å². The van der Waals surface area contributed by atoms with Crippen molar-refractivity contribution in [3.05, 3.63) is 84.8 Å². The monoisotopic (exact) mass is 518 g/mol. The lowest BCUT2D eigenvalue weighted by Crippen LogP contribution is -2.27. The molecule has 0 radical (unpaired) electrons. The van der Waals surface area contributed by atoms with E-state index in [2.05, 4.69) is 22.0 Å². The summed E-state index contributed by atoms with van der Waals surface area (Å²) in [6.45, 7) is 0.232. The lowest BCUT2D eigenvalue weighted by Gasteiger charge is -2.31. The molecule has 0 saturated carbocycles. The van der Waals surface area contributed by atoms with Crippen LogP contribution < -0.4 is 10.5 Å². The SMILES string of the molecule is N#CC1=C(N)OC2=C(C(=O)CCC2)[C@H]1c1cc(Br)ccc1OCc1ccc(Cl)c(Cl)c1. The number of nitriles is 1. The molecule has 0 fully saturated rings. The highest BCUT2D eigenvalue weighted by atomic mass is 79.9. The molecule has 0 bridgehead atoms. The molecule has 5 nitrogen and oxygen atoms in total. The summed E-state index contributed by atoms with van der Waals surface area (Å²) in [6, 6.07) is 12.9. The molecular formula is C23H17BrCl2N2O3. The van der Waals surface area contributed by atoms with Gasteiger partial charge in [-0.25, -0.2) is 0 Å². The summed E-state index contributed by atoms with van der Waals surface area (Å²) in [4.78, 5) is 12.8. The Morgan fingerprint density at radius 2 is 2.00 bits per heavy atom. The van der Waals surface area contributed by atoms with Crippen LogP contribution in [0.3, 0.4) is 0 Å². The summed E-state index contributed by atoms with van der Waals surface area (Å²) >= 11 is 15.6. The number of allylic oxidation sites excluding steroid dienone is 3. The van der Waals surface area contributed by atoms with E-state index in [1.807, 2.05) is 18.2 Å². The first-order valence-corrected chi connectivity index (χ1v) is 11.1. The predicted molar refractivity (Wildman–Crippen MR) is 121 cm³/mol. The van der Waals surface area contributed by atoms with Gasteiger partial charge in [-0.05, 0) is 42.3 Å². The van der Waals surface area contributed by atoms with Crippen LogP contribution in [-0.4, -0.2) is 5.78 Å². The van der Waals surface area contributed by atoms with Gasteiger partial charge in [0.25, 0.3) is 0 Å². The van der Waals surface area contributed by atoms with Gasteiger partial charge in [-0.2, -0.15) is 5.26 Å². The zero-order valence-electron chi connectivity index (χ0n) is 16.3. The normalized spacial score (nSPS) is 18.4. The molecule has 0 saturated heterocycles. The Morgan fingerprint density at radius 3 is 2.74 bits per heavy atom. The average Bonchev–Trinajstić information content (AvgIpc) is 2.74. The molecule has 2 N–H and O–H groups in total. The van der Waals surface area contributed by atoms with E-state index in [1.54, 1.807) is 18.2 Å². The minimum absolute atomic E-state index is 0.0244. The van der Waals surface area contributed by atoms with Crippen LogP contribution in [0.5, 0.6) is 5.75 Å². The number of nitrogens with zero attached hydrogens (tertiary/aromatic N) is 1. The van der Waals surface area contributed by atoms with Crippen LogP contribution in [0.15, 0.2) is 63.7 Å². The highest BCUT2D eigenvalue weighted by Gasteiger charge is 2.39. The predicted octanol–water partition coefficient (Wildman–Crippen LogP) is 6.15. The van der Waals surface area contributed by atoms with Crippen LogP contribution in [-0.2, 0) is 16.1 Å². The fourth-order valence-corrected chi connectivity index (χ4v) is 4.53. The number of carbonyl (C=O) groups excluding carboxylic acids is 1. The number of ketones is 1. The Bertz CT molecular complexity index is 1180. The van der Waals surface area contributed by atoms with Gasteiger partial charge in [-0.15, -0.1) is 0 Å². The van der Waals surface area contributed by atoms with Crippen molar-refractivity contribution in [1.82, 2.24) is 0 Å². The topological polar surface area (TPSA) is 85.3 Å². The second kappa shape index (κ2) is 8.96. The van der Waals surface area contributed by atoms with Gasteiger partial charge < -0.3 is 15.2 Å². The van der Waals surface area contributed by atoms with Crippen LogP contribution in [0.25, 0.3) is 0 Å². The molecule has 0 spiro atoms. The summed E-state index contributed by atoms with van der Waals surface area (Å²) in [5, 5.41) is 10.7. The molecule has 2 aromatic rings. The number of hydrogen-bond acceptors (Lipinski definition) is 5. The van der Waals surface area contributed by atoms with E-state index in [4.69, 9.17) is 38.4 Å². The second-order valence-corrected chi connectivity index (χ2v) is 8.99. The zero-order chi connectivity index (χ0) is 22.1. The van der Waals surface area contributed by atoms with Gasteiger partial charge in [-0.1, -0.05) is 45.2 Å². The van der Waals surface area contributed by atoms with Crippen molar-refractivity contribution in [2.45, 2.75) is 31.8 Å². The van der Waals surface area contributed by atoms with Crippen molar-refractivity contribution in [3.63, 3.8) is 0 Å². The number of Topliss-reactive ketones (excluding diaryl/α,β-unsaturated/α-hetero) is 1. The Balaban J connectivity index is 1.77. The maximum absolute atomic E-state index is 12.8. The number of ether oxygens (including phenoxy) is 2. The number of carbonyl (C=O) groups is 1. The van der Waals surface area contributed by atoms with Gasteiger partial charge in [0, 0.05) is 28.5 Å². The van der Waals surface area contributed by atoms with E-state index in [-0.39, 0.29) is 23.8 Å². The van der Waals surface area contributed by atoms with E-state index in [0.717, 1.165) is 10.0 Å². The average molecular weight is 520 g/mol. The second-order valence-electron chi connectivity index (χ2n) is 7.26. The van der Waals surface area contributed by atoms with Crippen molar-refractivity contribution in [2.24, 2.45) is 5.73 Å². The van der Waals surface area contributed by atoms with Gasteiger partial charge >= 0.3 is 0 Å². The van der Waals surface area contributed by atoms with Crippen LogP contribution in [0.2, 0.25) is 10.0 Å². The summed E-state index contributed by atoms with van der Waals surface area (Å²) in [7, 11) is 0. The standard InChI is InChI=1S/C23H17BrCl2N2O3/c24-13-5-7-19(30-11-12-4-6-16(25)17(26)8-12)14(9-13)21-15(10-27)23(28)31-20-3-1-2-18(29)22(20)21/h4-9,21H,1-3,11,28H2/t21-/m0/s1. The van der Waals surface area contributed by atoms with Crippen LogP contribution >= 0.6 is 39.1 Å². The smallest absolute Gasteiger partial charge is 0.205 e. The van der Waals surface area contributed by atoms with Crippen LogP contribution in [0.4, 0.5) is 0 Å². The Morgan fingerprint density at radius 1 is 1.19 bits per heavy atom. The zero-order valence-corrected chi connectivity index (χ0v) is 19.4. The molecule has 2 aliphatic rings. The van der Waals surface area contributed by atoms with Gasteiger partial charge in [0.2, 0.25) is 5.88 Å². The largest absolute Gasteiger partial charge is 0.489 e. The third-order valence-corrected chi connectivity index (χ3v) is 6.50. The number of benzene rings is 2. The molecule has 2 aromatic carbocycles. The van der Waals surface area contributed by atoms with Gasteiger partial charge in [0.1, 0.15) is 29.8 Å². The lowest BCUT2D eigenvalue weighted by atomic mass is 9.77. The summed E-state index contributed by atoms with van der Waals surface area (Å²) < 4.78 is 12.5. The fourth-order valence-electron chi connectivity index (χ4n) is 3.83. The highest BCUT2D eigenvalue weighted by Crippen LogP contribution is 2.46. The minimum Gasteiger partial charge on any atom is -0.489 e. The maximum atomic E-state index is 12.8. The highest BCUT2D eigenvalue weighted by molar-refractivity contribution is 9.10. The molecule has 158 valence electrons. The van der Waals surface area contributed by atoms with E-state index in [0.29, 0.717) is 52.0 Å². The Kier molecular flexibility index (Phi) is 6.29. The summed E-state index contributed by atoms with van der Waals surface area (Å²) in [5.74, 6) is 0.404. The molecule has 1 atom stereocenters. The number of rotatable bonds is 4. The van der Waals surface area contributed by atoms with E-state index < -0.39 is 5.92 Å². The van der Waals surface area contributed by atoms with Crippen molar-refractivity contribution in [1.29, 1.82) is 5.26 Å². The molecule has 0 aromatic heterocycles. The molecule has 0 unspecified atom stereocenters. The van der Waals surface area contributed by atoms with Gasteiger partial charge in [0.15, 0.2) is 5.78 Å². The number of hydrogen-bond donors (Lipinski definition) is 1. The summed E-state index contributed by atoms with van der Waals surface area (Å²) in [5.41, 5.74) is 8.24. The summed E-state index contributed by atoms with van der Waals surface area (Å²) in [6.07, 6.45) is 1.70. The molecule has 1 heterocycles. The maximum Gasteiger partial charge on any atom is 0.205 e. The minimum atomic E-state index is -0.650. The molecule has 31 heavy (non-hydrogen) atoms. The molecule has 4 rings (SSSR count). The van der Waals surface area contributed by atoms with E-state index in [1.165, 1.54) is 0 Å². The van der Waals surface area contributed by atoms with Crippen molar-refractivity contribution in [2.75, 3.05) is 0 Å². The molecule has 8 heteroatoms. The Labute approximate surface area is 198 Å². The van der Waals surface area contributed by atoms with Gasteiger partial charge in [-0.3, -0.25) is 4.79 Å². The van der Waals surface area contributed by atoms with Crippen molar-refractivity contribution < 1.29 is 14.3 Å². The lowest BCUT2D eigenvalue weighted by molar-refractivity contribution is -0.116. The molecule has 1 aliphatic carbocycles. The third-order valence-electron chi connectivity index (χ3n) is 5.27. The number of halogens is 3. The fraction of sp³-hybridized carbons (Fsp3) is 0.217. The number of nitrogens with two attached hydrogens (primary N) is 1.